The van der Waals surface area contributed by atoms with Gasteiger partial charge in [-0.05, 0) is 38.4 Å². The van der Waals surface area contributed by atoms with Gasteiger partial charge >= 0.3 is 0 Å². The van der Waals surface area contributed by atoms with Crippen molar-refractivity contribution < 1.29 is 4.79 Å². The molecule has 0 unspecified atom stereocenters. The number of nitrogens with one attached hydrogen (secondary N) is 2. The number of hydrogen-bond acceptors (Lipinski definition) is 2. The molecular weight excluding hydrogens is 250 g/mol. The van der Waals surface area contributed by atoms with Crippen molar-refractivity contribution in [3.8, 4) is 0 Å². The zero-order chi connectivity index (χ0) is 13.0. The Kier molecular flexibility index (Phi) is 4.66. The molecule has 0 aromatic carbocycles. The van der Waals surface area contributed by atoms with Crippen LogP contribution in [0.2, 0.25) is 5.02 Å². The van der Waals surface area contributed by atoms with E-state index in [0.717, 1.165) is 32.4 Å². The standard InChI is InChI=1S/C13H20ClN3O/c1-2-15-6-3-7-16-13(18)12-8-10(14)9-17(12)11-4-5-11/h8-9,11,15H,2-7H2,1H3,(H,16,18). The van der Waals surface area contributed by atoms with Gasteiger partial charge in [-0.1, -0.05) is 18.5 Å². The minimum Gasteiger partial charge on any atom is -0.351 e. The zero-order valence-electron chi connectivity index (χ0n) is 10.7. The SMILES string of the molecule is CCNCCCNC(=O)c1cc(Cl)cn1C1CC1. The van der Waals surface area contributed by atoms with Crippen LogP contribution in [0.1, 0.15) is 42.7 Å². The van der Waals surface area contributed by atoms with Crippen molar-refractivity contribution in [2.45, 2.75) is 32.2 Å². The molecule has 1 heterocycles. The van der Waals surface area contributed by atoms with Crippen molar-refractivity contribution in [2.24, 2.45) is 0 Å². The van der Waals surface area contributed by atoms with E-state index in [2.05, 4.69) is 17.6 Å². The van der Waals surface area contributed by atoms with Crippen LogP contribution in [-0.4, -0.2) is 30.1 Å². The van der Waals surface area contributed by atoms with E-state index in [0.29, 0.717) is 23.3 Å². The fraction of sp³-hybridized carbons (Fsp3) is 0.615. The van der Waals surface area contributed by atoms with Crippen LogP contribution in [-0.2, 0) is 0 Å². The highest BCUT2D eigenvalue weighted by molar-refractivity contribution is 6.31. The summed E-state index contributed by atoms with van der Waals surface area (Å²) < 4.78 is 2.00. The van der Waals surface area contributed by atoms with Crippen LogP contribution in [0.5, 0.6) is 0 Å². The van der Waals surface area contributed by atoms with Crippen LogP contribution in [0.15, 0.2) is 12.3 Å². The molecule has 1 aliphatic carbocycles. The first-order valence-corrected chi connectivity index (χ1v) is 6.96. The first-order valence-electron chi connectivity index (χ1n) is 6.58. The molecule has 2 N–H and O–H groups in total. The van der Waals surface area contributed by atoms with Gasteiger partial charge in [-0.15, -0.1) is 0 Å². The third-order valence-corrected chi connectivity index (χ3v) is 3.26. The van der Waals surface area contributed by atoms with Gasteiger partial charge in [0.2, 0.25) is 0 Å². The summed E-state index contributed by atoms with van der Waals surface area (Å²) in [4.78, 5) is 12.0. The summed E-state index contributed by atoms with van der Waals surface area (Å²) in [5, 5.41) is 6.80. The van der Waals surface area contributed by atoms with Crippen LogP contribution < -0.4 is 10.6 Å². The monoisotopic (exact) mass is 269 g/mol. The molecule has 0 atom stereocenters. The third-order valence-electron chi connectivity index (χ3n) is 3.05. The summed E-state index contributed by atoms with van der Waals surface area (Å²) in [5.74, 6) is -0.0229. The van der Waals surface area contributed by atoms with Gasteiger partial charge in [-0.3, -0.25) is 4.79 Å². The molecule has 0 spiro atoms. The molecule has 100 valence electrons. The highest BCUT2D eigenvalue weighted by Gasteiger charge is 2.27. The lowest BCUT2D eigenvalue weighted by atomic mass is 10.3. The Labute approximate surface area is 113 Å². The van der Waals surface area contributed by atoms with E-state index in [4.69, 9.17) is 11.6 Å². The van der Waals surface area contributed by atoms with E-state index in [1.54, 1.807) is 6.07 Å². The van der Waals surface area contributed by atoms with E-state index in [-0.39, 0.29) is 5.91 Å². The molecule has 1 aromatic rings. The number of amides is 1. The first kappa shape index (κ1) is 13.4. The van der Waals surface area contributed by atoms with Gasteiger partial charge in [0.1, 0.15) is 5.69 Å². The second kappa shape index (κ2) is 6.25. The van der Waals surface area contributed by atoms with E-state index < -0.39 is 0 Å². The topological polar surface area (TPSA) is 46.1 Å². The van der Waals surface area contributed by atoms with Crippen LogP contribution >= 0.6 is 11.6 Å². The number of nitrogens with zero attached hydrogens (tertiary/aromatic N) is 1. The number of hydrogen-bond donors (Lipinski definition) is 2. The summed E-state index contributed by atoms with van der Waals surface area (Å²) in [6.07, 6.45) is 5.08. The Balaban J connectivity index is 1.84. The molecular formula is C13H20ClN3O. The lowest BCUT2D eigenvalue weighted by molar-refractivity contribution is 0.0944. The Bertz CT molecular complexity index is 412. The lowest BCUT2D eigenvalue weighted by Crippen LogP contribution is -2.28. The summed E-state index contributed by atoms with van der Waals surface area (Å²) in [7, 11) is 0. The van der Waals surface area contributed by atoms with Crippen molar-refractivity contribution >= 4 is 17.5 Å². The number of carbonyl (C=O) groups excluding carboxylic acids is 1. The maximum atomic E-state index is 12.0. The number of halogens is 1. The highest BCUT2D eigenvalue weighted by atomic mass is 35.5. The van der Waals surface area contributed by atoms with Gasteiger partial charge < -0.3 is 15.2 Å². The molecule has 18 heavy (non-hydrogen) atoms. The van der Waals surface area contributed by atoms with Crippen molar-refractivity contribution in [3.63, 3.8) is 0 Å². The summed E-state index contributed by atoms with van der Waals surface area (Å²) in [5.41, 5.74) is 0.686. The van der Waals surface area contributed by atoms with Gasteiger partial charge in [0, 0.05) is 18.8 Å². The molecule has 2 rings (SSSR count). The molecule has 5 heteroatoms. The predicted molar refractivity (Wildman–Crippen MR) is 73.2 cm³/mol. The van der Waals surface area contributed by atoms with Gasteiger partial charge in [0.15, 0.2) is 0 Å². The molecule has 1 aliphatic rings. The van der Waals surface area contributed by atoms with E-state index in [9.17, 15) is 4.79 Å². The Morgan fingerprint density at radius 2 is 2.28 bits per heavy atom. The summed E-state index contributed by atoms with van der Waals surface area (Å²) in [6, 6.07) is 2.22. The molecule has 1 saturated carbocycles. The van der Waals surface area contributed by atoms with Gasteiger partial charge in [0.25, 0.3) is 5.91 Å². The average Bonchev–Trinajstić information content (AvgIpc) is 3.12. The maximum Gasteiger partial charge on any atom is 0.267 e. The minimum absolute atomic E-state index is 0.0229. The second-order valence-electron chi connectivity index (χ2n) is 4.65. The number of aromatic nitrogens is 1. The molecule has 0 bridgehead atoms. The summed E-state index contributed by atoms with van der Waals surface area (Å²) >= 11 is 5.97. The highest BCUT2D eigenvalue weighted by Crippen LogP contribution is 2.37. The van der Waals surface area contributed by atoms with Crippen molar-refractivity contribution in [1.29, 1.82) is 0 Å². The molecule has 1 aromatic heterocycles. The van der Waals surface area contributed by atoms with Gasteiger partial charge in [-0.2, -0.15) is 0 Å². The molecule has 0 radical (unpaired) electrons. The van der Waals surface area contributed by atoms with Crippen LogP contribution in [0.4, 0.5) is 0 Å². The van der Waals surface area contributed by atoms with Crippen molar-refractivity contribution in [2.75, 3.05) is 19.6 Å². The quantitative estimate of drug-likeness (QED) is 0.746. The fourth-order valence-corrected chi connectivity index (χ4v) is 2.17. The van der Waals surface area contributed by atoms with E-state index in [1.165, 1.54) is 0 Å². The van der Waals surface area contributed by atoms with E-state index >= 15 is 0 Å². The first-order chi connectivity index (χ1) is 8.72. The average molecular weight is 270 g/mol. The fourth-order valence-electron chi connectivity index (χ4n) is 1.97. The molecule has 1 fully saturated rings. The summed E-state index contributed by atoms with van der Waals surface area (Å²) in [6.45, 7) is 4.66. The molecule has 0 aliphatic heterocycles. The lowest BCUT2D eigenvalue weighted by Gasteiger charge is -2.08. The second-order valence-corrected chi connectivity index (χ2v) is 5.08. The Morgan fingerprint density at radius 1 is 1.50 bits per heavy atom. The third kappa shape index (κ3) is 3.50. The smallest absolute Gasteiger partial charge is 0.267 e. The van der Waals surface area contributed by atoms with Crippen LogP contribution in [0, 0.1) is 0 Å². The molecule has 0 saturated heterocycles. The largest absolute Gasteiger partial charge is 0.351 e. The minimum atomic E-state index is -0.0229. The molecule has 4 nitrogen and oxygen atoms in total. The van der Waals surface area contributed by atoms with Gasteiger partial charge in [0.05, 0.1) is 5.02 Å². The molecule has 1 amide bonds. The Morgan fingerprint density at radius 3 is 2.94 bits per heavy atom. The number of carbonyl (C=O) groups is 1. The van der Waals surface area contributed by atoms with Crippen molar-refractivity contribution in [3.05, 3.63) is 23.0 Å². The predicted octanol–water partition coefficient (Wildman–Crippen LogP) is 2.21. The van der Waals surface area contributed by atoms with Crippen LogP contribution in [0.3, 0.4) is 0 Å². The van der Waals surface area contributed by atoms with Gasteiger partial charge in [-0.25, -0.2) is 0 Å². The normalized spacial score (nSPS) is 14.8. The zero-order valence-corrected chi connectivity index (χ0v) is 11.5. The maximum absolute atomic E-state index is 12.0. The van der Waals surface area contributed by atoms with Crippen LogP contribution in [0.25, 0.3) is 0 Å². The van der Waals surface area contributed by atoms with Crippen molar-refractivity contribution in [1.82, 2.24) is 15.2 Å². The number of rotatable bonds is 7. The van der Waals surface area contributed by atoms with E-state index in [1.807, 2.05) is 10.8 Å². The Hall–Kier alpha value is -1.00.